The summed E-state index contributed by atoms with van der Waals surface area (Å²) in [6.07, 6.45) is 4.35. The number of aliphatic hydroxyl groups is 1. The maximum absolute atomic E-state index is 10.0. The molecule has 0 spiro atoms. The second-order valence-electron chi connectivity index (χ2n) is 4.53. The van der Waals surface area contributed by atoms with Crippen LogP contribution in [0.5, 0.6) is 0 Å². The highest BCUT2D eigenvalue weighted by Gasteiger charge is 2.17. The molecule has 1 saturated heterocycles. The van der Waals surface area contributed by atoms with Crippen molar-refractivity contribution in [1.82, 2.24) is 0 Å². The zero-order valence-corrected chi connectivity index (χ0v) is 10.0. The quantitative estimate of drug-likeness (QED) is 0.844. The van der Waals surface area contributed by atoms with Crippen LogP contribution in [0.1, 0.15) is 44.3 Å². The molecule has 1 aromatic rings. The molecule has 1 N–H and O–H groups in total. The Labute approximate surface area is 97.9 Å². The predicted octanol–water partition coefficient (Wildman–Crippen LogP) is 3.12. The third kappa shape index (κ3) is 2.38. The van der Waals surface area contributed by atoms with Crippen LogP contribution in [-0.4, -0.2) is 18.2 Å². The normalized spacial score (nSPS) is 18.5. The van der Waals surface area contributed by atoms with Gasteiger partial charge in [0.2, 0.25) is 0 Å². The largest absolute Gasteiger partial charge is 0.388 e. The molecule has 0 unspecified atom stereocenters. The van der Waals surface area contributed by atoms with Crippen molar-refractivity contribution < 1.29 is 5.11 Å². The average Bonchev–Trinajstić information content (AvgIpc) is 2.39. The van der Waals surface area contributed by atoms with Gasteiger partial charge in [0.25, 0.3) is 0 Å². The first-order valence-electron chi connectivity index (χ1n) is 6.35. The molecule has 1 aliphatic heterocycles. The molecule has 0 aliphatic carbocycles. The summed E-state index contributed by atoms with van der Waals surface area (Å²) >= 11 is 0. The van der Waals surface area contributed by atoms with E-state index >= 15 is 0 Å². The van der Waals surface area contributed by atoms with Crippen LogP contribution in [0.4, 0.5) is 5.69 Å². The van der Waals surface area contributed by atoms with E-state index in [0.29, 0.717) is 0 Å². The van der Waals surface area contributed by atoms with Crippen molar-refractivity contribution in [3.63, 3.8) is 0 Å². The van der Waals surface area contributed by atoms with Crippen LogP contribution in [0.3, 0.4) is 0 Å². The highest BCUT2D eigenvalue weighted by Crippen LogP contribution is 2.29. The van der Waals surface area contributed by atoms with E-state index in [1.807, 2.05) is 13.0 Å². The number of hydrogen-bond acceptors (Lipinski definition) is 2. The van der Waals surface area contributed by atoms with Crippen LogP contribution in [0.15, 0.2) is 24.3 Å². The minimum absolute atomic E-state index is 0.321. The van der Waals surface area contributed by atoms with E-state index in [-0.39, 0.29) is 6.10 Å². The molecule has 2 nitrogen and oxygen atoms in total. The van der Waals surface area contributed by atoms with Crippen LogP contribution in [0.25, 0.3) is 0 Å². The Morgan fingerprint density at radius 1 is 1.19 bits per heavy atom. The summed E-state index contributed by atoms with van der Waals surface area (Å²) in [4.78, 5) is 2.41. The van der Waals surface area contributed by atoms with E-state index in [9.17, 15) is 5.11 Å². The number of rotatable bonds is 3. The Morgan fingerprint density at radius 3 is 2.56 bits per heavy atom. The number of benzene rings is 1. The highest BCUT2D eigenvalue weighted by atomic mass is 16.3. The second kappa shape index (κ2) is 5.35. The van der Waals surface area contributed by atoms with Crippen LogP contribution < -0.4 is 4.90 Å². The zero-order chi connectivity index (χ0) is 11.4. The van der Waals surface area contributed by atoms with Crippen molar-refractivity contribution in [2.75, 3.05) is 18.0 Å². The van der Waals surface area contributed by atoms with Gasteiger partial charge in [0.1, 0.15) is 0 Å². The maximum Gasteiger partial charge on any atom is 0.0807 e. The number of nitrogens with zero attached hydrogens (tertiary/aromatic N) is 1. The monoisotopic (exact) mass is 219 g/mol. The Kier molecular flexibility index (Phi) is 3.83. The molecule has 0 aromatic heterocycles. The lowest BCUT2D eigenvalue weighted by Gasteiger charge is -2.31. The van der Waals surface area contributed by atoms with Gasteiger partial charge < -0.3 is 10.0 Å². The molecule has 0 radical (unpaired) electrons. The van der Waals surface area contributed by atoms with Gasteiger partial charge in [-0.25, -0.2) is 0 Å². The number of piperidine rings is 1. The van der Waals surface area contributed by atoms with Crippen molar-refractivity contribution in [2.45, 2.75) is 38.7 Å². The number of anilines is 1. The standard InChI is InChI=1S/C14H21NO/c1-2-14(16)12-8-4-5-9-13(12)15-10-6-3-7-11-15/h4-5,8-9,14,16H,2-3,6-7,10-11H2,1H3/t14-/m1/s1. The minimum Gasteiger partial charge on any atom is -0.388 e. The second-order valence-corrected chi connectivity index (χ2v) is 4.53. The van der Waals surface area contributed by atoms with Gasteiger partial charge in [0, 0.05) is 24.3 Å². The van der Waals surface area contributed by atoms with Gasteiger partial charge >= 0.3 is 0 Å². The number of para-hydroxylation sites is 1. The van der Waals surface area contributed by atoms with E-state index in [4.69, 9.17) is 0 Å². The molecule has 0 amide bonds. The molecule has 1 fully saturated rings. The topological polar surface area (TPSA) is 23.5 Å². The molecule has 2 rings (SSSR count). The van der Waals surface area contributed by atoms with Gasteiger partial charge in [-0.15, -0.1) is 0 Å². The molecule has 1 heterocycles. The number of aliphatic hydroxyl groups excluding tert-OH is 1. The maximum atomic E-state index is 10.0. The summed E-state index contributed by atoms with van der Waals surface area (Å²) in [6.45, 7) is 4.29. The third-order valence-corrected chi connectivity index (χ3v) is 3.38. The molecule has 0 bridgehead atoms. The first-order valence-corrected chi connectivity index (χ1v) is 6.35. The van der Waals surface area contributed by atoms with Crippen molar-refractivity contribution >= 4 is 5.69 Å². The number of hydrogen-bond donors (Lipinski definition) is 1. The Morgan fingerprint density at radius 2 is 1.88 bits per heavy atom. The predicted molar refractivity (Wildman–Crippen MR) is 67.8 cm³/mol. The summed E-state index contributed by atoms with van der Waals surface area (Å²) in [5, 5.41) is 10.0. The fourth-order valence-corrected chi connectivity index (χ4v) is 2.41. The fraction of sp³-hybridized carbons (Fsp3) is 0.571. The van der Waals surface area contributed by atoms with E-state index in [1.54, 1.807) is 0 Å². The SMILES string of the molecule is CC[C@@H](O)c1ccccc1N1CCCCC1. The Hall–Kier alpha value is -1.02. The average molecular weight is 219 g/mol. The first kappa shape index (κ1) is 11.5. The van der Waals surface area contributed by atoms with Crippen LogP contribution in [-0.2, 0) is 0 Å². The lowest BCUT2D eigenvalue weighted by molar-refractivity contribution is 0.174. The van der Waals surface area contributed by atoms with E-state index < -0.39 is 0 Å². The van der Waals surface area contributed by atoms with Crippen molar-refractivity contribution in [3.05, 3.63) is 29.8 Å². The van der Waals surface area contributed by atoms with Crippen molar-refractivity contribution in [3.8, 4) is 0 Å². The van der Waals surface area contributed by atoms with Crippen LogP contribution in [0, 0.1) is 0 Å². The van der Waals surface area contributed by atoms with Gasteiger partial charge in [-0.05, 0) is 31.7 Å². The molecular formula is C14H21NO. The lowest BCUT2D eigenvalue weighted by Crippen LogP contribution is -2.30. The molecule has 16 heavy (non-hydrogen) atoms. The summed E-state index contributed by atoms with van der Waals surface area (Å²) < 4.78 is 0. The van der Waals surface area contributed by atoms with E-state index in [0.717, 1.165) is 25.1 Å². The molecule has 1 aromatic carbocycles. The molecule has 2 heteroatoms. The third-order valence-electron chi connectivity index (χ3n) is 3.38. The van der Waals surface area contributed by atoms with Gasteiger partial charge in [0.15, 0.2) is 0 Å². The molecule has 88 valence electrons. The summed E-state index contributed by atoms with van der Waals surface area (Å²) in [6, 6.07) is 8.27. The highest BCUT2D eigenvalue weighted by molar-refractivity contribution is 5.54. The summed E-state index contributed by atoms with van der Waals surface area (Å²) in [5.74, 6) is 0. The van der Waals surface area contributed by atoms with Crippen LogP contribution >= 0.6 is 0 Å². The molecular weight excluding hydrogens is 198 g/mol. The van der Waals surface area contributed by atoms with Gasteiger partial charge in [-0.3, -0.25) is 0 Å². The summed E-state index contributed by atoms with van der Waals surface area (Å²) in [5.41, 5.74) is 2.32. The zero-order valence-electron chi connectivity index (χ0n) is 10.0. The molecule has 0 saturated carbocycles. The van der Waals surface area contributed by atoms with Crippen molar-refractivity contribution in [1.29, 1.82) is 0 Å². The first-order chi connectivity index (χ1) is 7.83. The summed E-state index contributed by atoms with van der Waals surface area (Å²) in [7, 11) is 0. The Balaban J connectivity index is 2.24. The van der Waals surface area contributed by atoms with Crippen molar-refractivity contribution in [2.24, 2.45) is 0 Å². The van der Waals surface area contributed by atoms with Gasteiger partial charge in [-0.2, -0.15) is 0 Å². The van der Waals surface area contributed by atoms with Gasteiger partial charge in [0.05, 0.1) is 6.10 Å². The molecule has 1 aliphatic rings. The van der Waals surface area contributed by atoms with Gasteiger partial charge in [-0.1, -0.05) is 25.1 Å². The molecule has 1 atom stereocenters. The smallest absolute Gasteiger partial charge is 0.0807 e. The fourth-order valence-electron chi connectivity index (χ4n) is 2.41. The van der Waals surface area contributed by atoms with Crippen LogP contribution in [0.2, 0.25) is 0 Å². The Bertz CT molecular complexity index is 331. The lowest BCUT2D eigenvalue weighted by atomic mass is 10.0. The van der Waals surface area contributed by atoms with E-state index in [1.165, 1.54) is 24.9 Å². The minimum atomic E-state index is -0.321. The van der Waals surface area contributed by atoms with E-state index in [2.05, 4.69) is 23.1 Å².